The van der Waals surface area contributed by atoms with Gasteiger partial charge in [-0.15, -0.1) is 10.2 Å². The molecular formula is C17H15ClO7. The molecule has 3 rings (SSSR count). The van der Waals surface area contributed by atoms with Crippen molar-refractivity contribution in [3.8, 4) is 22.8 Å². The Morgan fingerprint density at radius 3 is 2.16 bits per heavy atom. The zero-order valence-electron chi connectivity index (χ0n) is 13.4. The van der Waals surface area contributed by atoms with Gasteiger partial charge in [0, 0.05) is 11.6 Å². The van der Waals surface area contributed by atoms with Crippen LogP contribution in [0.25, 0.3) is 22.3 Å². The van der Waals surface area contributed by atoms with E-state index in [1.54, 1.807) is 13.2 Å². The third kappa shape index (κ3) is 5.02. The molecule has 2 aromatic carbocycles. The molecule has 0 saturated heterocycles. The zero-order chi connectivity index (χ0) is 18.6. The molecule has 0 aliphatic rings. The lowest BCUT2D eigenvalue weighted by molar-refractivity contribution is -2.00. The Labute approximate surface area is 145 Å². The van der Waals surface area contributed by atoms with Crippen LogP contribution in [0.15, 0.2) is 52.9 Å². The lowest BCUT2D eigenvalue weighted by atomic mass is 10.1. The van der Waals surface area contributed by atoms with Crippen molar-refractivity contribution in [3.05, 3.63) is 54.1 Å². The molecule has 0 aliphatic carbocycles. The number of phenolic OH excluding ortho intramolecular Hbond substituents is 1. The molecule has 0 bridgehead atoms. The van der Waals surface area contributed by atoms with Gasteiger partial charge in [-0.05, 0) is 25.1 Å². The van der Waals surface area contributed by atoms with E-state index in [0.29, 0.717) is 16.9 Å². The maximum Gasteiger partial charge on any atom is 0.368 e. The van der Waals surface area contributed by atoms with E-state index in [9.17, 15) is 5.11 Å². The van der Waals surface area contributed by atoms with Crippen LogP contribution in [0.2, 0.25) is 0 Å². The van der Waals surface area contributed by atoms with Crippen LogP contribution in [0.4, 0.5) is 0 Å². The summed E-state index contributed by atoms with van der Waals surface area (Å²) in [5, 5.41) is 10.8. The predicted octanol–water partition coefficient (Wildman–Crippen LogP) is -0.352. The maximum atomic E-state index is 9.95. The largest absolute Gasteiger partial charge is 0.507 e. The summed E-state index contributed by atoms with van der Waals surface area (Å²) in [4.78, 5) is 0. The van der Waals surface area contributed by atoms with E-state index in [1.165, 1.54) is 0 Å². The fourth-order valence-corrected chi connectivity index (χ4v) is 2.31. The van der Waals surface area contributed by atoms with Crippen molar-refractivity contribution in [3.63, 3.8) is 0 Å². The zero-order valence-corrected chi connectivity index (χ0v) is 14.1. The highest BCUT2D eigenvalue weighted by Crippen LogP contribution is 2.37. The molecule has 0 saturated carbocycles. The van der Waals surface area contributed by atoms with Crippen molar-refractivity contribution in [2.24, 2.45) is 0 Å². The Morgan fingerprint density at radius 2 is 1.60 bits per heavy atom. The predicted molar refractivity (Wildman–Crippen MR) is 79.0 cm³/mol. The standard InChI is InChI=1S/C17H14O3.ClHO4/c1-11-14(18)10-16-13(17(11)19-2)8-9-15(20-16)12-6-4-3-5-7-12;2-1(3,4)5/h3-10H,1-2H3;(H,2,3,4,5). The third-order valence-corrected chi connectivity index (χ3v) is 3.39. The van der Waals surface area contributed by atoms with E-state index in [1.807, 2.05) is 49.4 Å². The molecule has 0 atom stereocenters. The number of benzene rings is 2. The summed E-state index contributed by atoms with van der Waals surface area (Å²) >= 11 is 0. The van der Waals surface area contributed by atoms with Crippen molar-refractivity contribution < 1.29 is 43.1 Å². The van der Waals surface area contributed by atoms with Crippen molar-refractivity contribution in [2.45, 2.75) is 6.92 Å². The lowest BCUT2D eigenvalue weighted by Crippen LogP contribution is -2.68. The van der Waals surface area contributed by atoms with Gasteiger partial charge in [0.15, 0.2) is 0 Å². The molecule has 0 aliphatic heterocycles. The van der Waals surface area contributed by atoms with Gasteiger partial charge in [-0.3, -0.25) is 0 Å². The lowest BCUT2D eigenvalue weighted by Gasteiger charge is -2.17. The van der Waals surface area contributed by atoms with Gasteiger partial charge in [0.25, 0.3) is 0 Å². The summed E-state index contributed by atoms with van der Waals surface area (Å²) in [7, 11) is -3.35. The van der Waals surface area contributed by atoms with E-state index in [4.69, 9.17) is 27.8 Å². The minimum absolute atomic E-state index is 0.170. The number of aromatic hydroxyl groups is 1. The molecular weight excluding hydrogens is 352 g/mol. The highest BCUT2D eigenvalue weighted by atomic mass is 35.7. The number of methoxy groups -OCH3 is 1. The van der Waals surface area contributed by atoms with Gasteiger partial charge >= 0.3 is 11.3 Å². The van der Waals surface area contributed by atoms with E-state index < -0.39 is 10.2 Å². The van der Waals surface area contributed by atoms with E-state index in [-0.39, 0.29) is 5.75 Å². The van der Waals surface area contributed by atoms with Gasteiger partial charge in [-0.2, -0.15) is 0 Å². The molecule has 0 unspecified atom stereocenters. The molecule has 25 heavy (non-hydrogen) atoms. The highest BCUT2D eigenvalue weighted by Gasteiger charge is 2.20. The molecule has 1 heterocycles. The second-order valence-corrected chi connectivity index (χ2v) is 5.77. The average molecular weight is 367 g/mol. The van der Waals surface area contributed by atoms with Crippen molar-refractivity contribution >= 4 is 11.0 Å². The highest BCUT2D eigenvalue weighted by molar-refractivity contribution is 5.88. The Bertz CT molecular complexity index is 854. The summed E-state index contributed by atoms with van der Waals surface area (Å²) < 4.78 is 45.2. The van der Waals surface area contributed by atoms with E-state index in [2.05, 4.69) is 0 Å². The quantitative estimate of drug-likeness (QED) is 0.612. The number of rotatable bonds is 2. The van der Waals surface area contributed by atoms with E-state index >= 15 is 0 Å². The normalized spacial score (nSPS) is 11.0. The molecule has 1 aromatic heterocycles. The van der Waals surface area contributed by atoms with Crippen LogP contribution >= 0.6 is 0 Å². The van der Waals surface area contributed by atoms with Crippen molar-refractivity contribution in [1.82, 2.24) is 0 Å². The summed E-state index contributed by atoms with van der Waals surface area (Å²) in [6.45, 7) is 1.82. The number of halogens is 1. The fraction of sp³-hybridized carbons (Fsp3) is 0.118. The summed E-state index contributed by atoms with van der Waals surface area (Å²) in [6.07, 6.45) is 0. The van der Waals surface area contributed by atoms with E-state index in [0.717, 1.165) is 16.7 Å². The van der Waals surface area contributed by atoms with Crippen LogP contribution in [0.3, 0.4) is 0 Å². The summed E-state index contributed by atoms with van der Waals surface area (Å²) in [5.74, 6) is 1.56. The molecule has 1 N–H and O–H groups in total. The smallest absolute Gasteiger partial charge is 0.368 e. The minimum atomic E-state index is -4.94. The first-order valence-electron chi connectivity index (χ1n) is 7.01. The molecule has 7 nitrogen and oxygen atoms in total. The van der Waals surface area contributed by atoms with Gasteiger partial charge in [-0.25, -0.2) is 23.1 Å². The molecule has 3 aromatic rings. The molecule has 132 valence electrons. The molecule has 0 amide bonds. The fourth-order valence-electron chi connectivity index (χ4n) is 2.31. The van der Waals surface area contributed by atoms with Crippen LogP contribution in [-0.2, 0) is 0 Å². The molecule has 0 radical (unpaired) electrons. The van der Waals surface area contributed by atoms with Crippen molar-refractivity contribution in [2.75, 3.05) is 7.11 Å². The molecule has 8 heteroatoms. The van der Waals surface area contributed by atoms with Gasteiger partial charge < -0.3 is 9.84 Å². The van der Waals surface area contributed by atoms with Crippen LogP contribution in [0.1, 0.15) is 5.56 Å². The van der Waals surface area contributed by atoms with Crippen LogP contribution in [-0.4, -0.2) is 12.2 Å². The minimum Gasteiger partial charge on any atom is -0.507 e. The first kappa shape index (κ1) is 18.9. The first-order chi connectivity index (χ1) is 11.7. The molecule has 0 spiro atoms. The topological polar surface area (TPSA) is 133 Å². The molecule has 0 fully saturated rings. The number of fused-ring (bicyclic) bond motifs is 1. The van der Waals surface area contributed by atoms with Gasteiger partial charge in [-0.1, -0.05) is 18.2 Å². The van der Waals surface area contributed by atoms with Gasteiger partial charge in [0.2, 0.25) is 0 Å². The number of ether oxygens (including phenoxy) is 1. The Morgan fingerprint density at radius 1 is 1.00 bits per heavy atom. The third-order valence-electron chi connectivity index (χ3n) is 3.39. The first-order valence-corrected chi connectivity index (χ1v) is 8.24. The second-order valence-electron chi connectivity index (χ2n) is 5.01. The average Bonchev–Trinajstić information content (AvgIpc) is 2.55. The van der Waals surface area contributed by atoms with Gasteiger partial charge in [0.05, 0.1) is 18.7 Å². The Balaban J connectivity index is 0.000000399. The Hall–Kier alpha value is -2.42. The number of phenols is 1. The summed E-state index contributed by atoms with van der Waals surface area (Å²) in [6, 6.07) is 15.3. The number of hydrogen-bond donors (Lipinski definition) is 1. The second kappa shape index (κ2) is 7.64. The van der Waals surface area contributed by atoms with Crippen molar-refractivity contribution in [1.29, 1.82) is 0 Å². The van der Waals surface area contributed by atoms with Gasteiger partial charge in [0.1, 0.15) is 16.9 Å². The maximum absolute atomic E-state index is 9.95. The van der Waals surface area contributed by atoms with Crippen LogP contribution in [0, 0.1) is 17.2 Å². The van der Waals surface area contributed by atoms with Crippen LogP contribution in [0.5, 0.6) is 11.5 Å². The monoisotopic (exact) mass is 366 g/mol. The Kier molecular flexibility index (Phi) is 5.78. The van der Waals surface area contributed by atoms with Crippen LogP contribution < -0.4 is 23.4 Å². The SMILES string of the molecule is COc1c(C)c(O)cc2[o+]c(-c3ccccc3)ccc12.[O-][Cl+3]([O-])([O-])[O-]. The number of hydrogen-bond acceptors (Lipinski definition) is 6. The summed E-state index contributed by atoms with van der Waals surface area (Å²) in [5.41, 5.74) is 2.31.